The first-order valence-corrected chi connectivity index (χ1v) is 1.34. The van der Waals surface area contributed by atoms with Crippen molar-refractivity contribution in [3.63, 3.8) is 0 Å². The van der Waals surface area contributed by atoms with E-state index in [2.05, 4.69) is 0 Å². The van der Waals surface area contributed by atoms with Crippen LogP contribution in [0.15, 0.2) is 0 Å². The van der Waals surface area contributed by atoms with E-state index in [1.807, 2.05) is 0 Å². The van der Waals surface area contributed by atoms with Gasteiger partial charge < -0.3 is 28.2 Å². The molecular formula is CH3BF3NaO3. The van der Waals surface area contributed by atoms with Gasteiger partial charge in [0.1, 0.15) is 0 Å². The van der Waals surface area contributed by atoms with Crippen molar-refractivity contribution < 1.29 is 57.8 Å². The second kappa shape index (κ2) is 11.5. The van der Waals surface area contributed by atoms with Crippen LogP contribution in [0.2, 0.25) is 0 Å². The zero-order valence-electron chi connectivity index (χ0n) is 4.55. The predicted molar refractivity (Wildman–Crippen MR) is 19.0 cm³/mol. The zero-order chi connectivity index (χ0) is 7.15. The third-order valence-electron chi connectivity index (χ3n) is 0. The molecule has 8 heteroatoms. The Hall–Kier alpha value is 0.735. The first-order chi connectivity index (χ1) is 3.46. The van der Waals surface area contributed by atoms with E-state index in [0.29, 0.717) is 0 Å². The molecule has 0 aliphatic carbocycles. The Balaban J connectivity index is -0.0000000720. The van der Waals surface area contributed by atoms with Crippen molar-refractivity contribution in [3.05, 3.63) is 6.68 Å². The van der Waals surface area contributed by atoms with Crippen LogP contribution in [0, 0.1) is 6.68 Å². The van der Waals surface area contributed by atoms with E-state index >= 15 is 0 Å². The molecule has 0 aromatic rings. The van der Waals surface area contributed by atoms with Gasteiger partial charge in [0.2, 0.25) is 0 Å². The number of halogens is 3. The van der Waals surface area contributed by atoms with Gasteiger partial charge in [-0.05, 0) is 0 Å². The number of hydrogen-bond acceptors (Lipinski definition) is 3. The summed E-state index contributed by atoms with van der Waals surface area (Å²) in [5.41, 5.74) is 0. The third-order valence-corrected chi connectivity index (χ3v) is 0. The van der Waals surface area contributed by atoms with Crippen LogP contribution in [-0.2, 0) is 0 Å². The molecule has 0 spiro atoms. The Kier molecular flexibility index (Phi) is 21.0. The van der Waals surface area contributed by atoms with Gasteiger partial charge in [-0.25, -0.2) is 0 Å². The molecule has 0 aliphatic rings. The number of rotatable bonds is 0. The maximum absolute atomic E-state index is 9.58. The van der Waals surface area contributed by atoms with Crippen LogP contribution in [0.5, 0.6) is 0 Å². The minimum Gasteiger partial charge on any atom is -0.402 e. The molecule has 50 valence electrons. The van der Waals surface area contributed by atoms with E-state index < -0.39 is 14.0 Å². The summed E-state index contributed by atoms with van der Waals surface area (Å²) in [4.78, 5) is 0. The van der Waals surface area contributed by atoms with Crippen LogP contribution in [-0.4, -0.2) is 22.4 Å². The van der Waals surface area contributed by atoms with Gasteiger partial charge in [0.05, 0.1) is 0 Å². The summed E-state index contributed by atoms with van der Waals surface area (Å²) in [5.74, 6) is 0. The van der Waals surface area contributed by atoms with Gasteiger partial charge in [0.25, 0.3) is 0 Å². The van der Waals surface area contributed by atoms with Crippen LogP contribution in [0.3, 0.4) is 0 Å². The summed E-state index contributed by atoms with van der Waals surface area (Å²) < 4.78 is 28.8. The van der Waals surface area contributed by atoms with Crippen molar-refractivity contribution in [2.24, 2.45) is 0 Å². The second-order valence-electron chi connectivity index (χ2n) is 0.561. The van der Waals surface area contributed by atoms with Crippen molar-refractivity contribution in [2.45, 2.75) is 0 Å². The molecule has 0 amide bonds. The van der Waals surface area contributed by atoms with Gasteiger partial charge in [0.15, 0.2) is 6.68 Å². The van der Waals surface area contributed by atoms with Gasteiger partial charge in [-0.1, -0.05) is 0 Å². The molecule has 0 radical (unpaired) electrons. The molecule has 0 rings (SSSR count). The average Bonchev–Trinajstić information content (AvgIpc) is 1.25. The van der Waals surface area contributed by atoms with Crippen molar-refractivity contribution in [1.29, 1.82) is 0 Å². The fourth-order valence-electron chi connectivity index (χ4n) is 0. The van der Waals surface area contributed by atoms with Crippen LogP contribution >= 0.6 is 0 Å². The average molecular weight is 154 g/mol. The summed E-state index contributed by atoms with van der Waals surface area (Å²) >= 11 is 0. The Labute approximate surface area is 72.0 Å². The van der Waals surface area contributed by atoms with Gasteiger partial charge in [-0.2, -0.15) is 0 Å². The van der Waals surface area contributed by atoms with E-state index in [0.717, 1.165) is 0 Å². The minimum atomic E-state index is -3.08. The molecule has 0 bridgehead atoms. The SMILES string of the molecule is F[C-](F)F.OB(O)O.[Na+]. The molecular weight excluding hydrogens is 151 g/mol. The zero-order valence-corrected chi connectivity index (χ0v) is 6.55. The fourth-order valence-corrected chi connectivity index (χ4v) is 0. The second-order valence-corrected chi connectivity index (χ2v) is 0.561. The summed E-state index contributed by atoms with van der Waals surface area (Å²) in [6.45, 7) is -3.08. The molecule has 3 nitrogen and oxygen atoms in total. The first kappa shape index (κ1) is 16.4. The van der Waals surface area contributed by atoms with E-state index in [1.54, 1.807) is 0 Å². The van der Waals surface area contributed by atoms with E-state index in [9.17, 15) is 13.2 Å². The molecule has 0 heterocycles. The van der Waals surface area contributed by atoms with Gasteiger partial charge in [-0.15, -0.1) is 0 Å². The quantitative estimate of drug-likeness (QED) is 0.248. The van der Waals surface area contributed by atoms with E-state index in [4.69, 9.17) is 15.1 Å². The summed E-state index contributed by atoms with van der Waals surface area (Å²) in [5, 5.41) is 21.5. The molecule has 9 heavy (non-hydrogen) atoms. The maximum atomic E-state index is 9.58. The molecule has 0 saturated carbocycles. The molecule has 0 aromatic heterocycles. The van der Waals surface area contributed by atoms with Gasteiger partial charge in [0, 0.05) is 0 Å². The largest absolute Gasteiger partial charge is 1.00 e. The molecule has 0 unspecified atom stereocenters. The Morgan fingerprint density at radius 2 is 1.00 bits per heavy atom. The van der Waals surface area contributed by atoms with Crippen molar-refractivity contribution in [3.8, 4) is 0 Å². The summed E-state index contributed by atoms with van der Waals surface area (Å²) in [6.07, 6.45) is 0. The standard InChI is InChI=1S/CF3.BH3O3.Na/c2*2-1(3)4;/h;2-4H;/q-1;;+1. The monoisotopic (exact) mass is 154 g/mol. The topological polar surface area (TPSA) is 60.7 Å². The van der Waals surface area contributed by atoms with Crippen LogP contribution in [0.1, 0.15) is 0 Å². The van der Waals surface area contributed by atoms with Crippen molar-refractivity contribution >= 4 is 7.32 Å². The minimum absolute atomic E-state index is 0. The summed E-state index contributed by atoms with van der Waals surface area (Å²) in [7, 11) is -2.17. The third kappa shape index (κ3) is 734. The predicted octanol–water partition coefficient (Wildman–Crippen LogP) is -3.71. The molecule has 0 aromatic carbocycles. The Bertz CT molecular complexity index is 34.5. The van der Waals surface area contributed by atoms with Crippen LogP contribution in [0.25, 0.3) is 0 Å². The number of hydrogen-bond donors (Lipinski definition) is 3. The molecule has 0 saturated heterocycles. The smallest absolute Gasteiger partial charge is 0.402 e. The van der Waals surface area contributed by atoms with E-state index in [-0.39, 0.29) is 29.6 Å². The molecule has 0 atom stereocenters. The Morgan fingerprint density at radius 1 is 1.00 bits per heavy atom. The first-order valence-electron chi connectivity index (χ1n) is 1.34. The van der Waals surface area contributed by atoms with Crippen LogP contribution < -0.4 is 29.6 Å². The Morgan fingerprint density at radius 3 is 1.00 bits per heavy atom. The van der Waals surface area contributed by atoms with Gasteiger partial charge >= 0.3 is 36.9 Å². The van der Waals surface area contributed by atoms with Crippen LogP contribution in [0.4, 0.5) is 13.2 Å². The van der Waals surface area contributed by atoms with Gasteiger partial charge in [-0.3, -0.25) is 0 Å². The van der Waals surface area contributed by atoms with Crippen molar-refractivity contribution in [1.82, 2.24) is 0 Å². The maximum Gasteiger partial charge on any atom is 1.00 e. The fraction of sp³-hybridized carbons (Fsp3) is 0. The van der Waals surface area contributed by atoms with Crippen molar-refractivity contribution in [2.75, 3.05) is 0 Å². The van der Waals surface area contributed by atoms with E-state index in [1.165, 1.54) is 0 Å². The normalized spacial score (nSPS) is 7.00. The molecule has 0 aliphatic heterocycles. The molecule has 3 N–H and O–H groups in total. The summed E-state index contributed by atoms with van der Waals surface area (Å²) in [6, 6.07) is 0. The molecule has 0 fully saturated rings.